The van der Waals surface area contributed by atoms with E-state index < -0.39 is 6.10 Å². The fourth-order valence-corrected chi connectivity index (χ4v) is 1.69. The number of aliphatic hydroxyl groups is 1. The number of furan rings is 1. The highest BCUT2D eigenvalue weighted by Gasteiger charge is 2.08. The highest BCUT2D eigenvalue weighted by molar-refractivity contribution is 6.35. The fraction of sp³-hybridized carbons (Fsp3) is 0.273. The second-order valence-corrected chi connectivity index (χ2v) is 3.82. The Hall–Kier alpha value is -0.990. The summed E-state index contributed by atoms with van der Waals surface area (Å²) >= 11 is 5.98. The van der Waals surface area contributed by atoms with Gasteiger partial charge in [0.25, 0.3) is 0 Å². The summed E-state index contributed by atoms with van der Waals surface area (Å²) in [5.74, 6) is 0.767. The second-order valence-electron chi connectivity index (χ2n) is 3.42. The number of aliphatic hydroxyl groups excluding tert-OH is 1. The van der Waals surface area contributed by atoms with E-state index >= 15 is 0 Å². The third-order valence-corrected chi connectivity index (χ3v) is 2.39. The maximum atomic E-state index is 9.21. The highest BCUT2D eigenvalue weighted by Crippen LogP contribution is 2.26. The molecule has 1 atom stereocenters. The zero-order valence-electron chi connectivity index (χ0n) is 7.83. The molecule has 3 heteroatoms. The minimum atomic E-state index is -0.394. The minimum absolute atomic E-state index is 0.394. The van der Waals surface area contributed by atoms with Gasteiger partial charge in [0.2, 0.25) is 0 Å². The van der Waals surface area contributed by atoms with Crippen LogP contribution in [0, 0.1) is 0 Å². The summed E-state index contributed by atoms with van der Waals surface area (Å²) in [7, 11) is 0. The van der Waals surface area contributed by atoms with Gasteiger partial charge in [-0.15, -0.1) is 0 Å². The summed E-state index contributed by atoms with van der Waals surface area (Å²) in [5.41, 5.74) is 0.771. The van der Waals surface area contributed by atoms with Gasteiger partial charge in [-0.3, -0.25) is 0 Å². The summed E-state index contributed by atoms with van der Waals surface area (Å²) < 4.78 is 5.52. The van der Waals surface area contributed by atoms with Crippen LogP contribution >= 0.6 is 11.6 Å². The highest BCUT2D eigenvalue weighted by atomic mass is 35.5. The predicted molar refractivity (Wildman–Crippen MR) is 56.6 cm³/mol. The van der Waals surface area contributed by atoms with Crippen molar-refractivity contribution in [3.63, 3.8) is 0 Å². The van der Waals surface area contributed by atoms with Crippen molar-refractivity contribution in [1.29, 1.82) is 0 Å². The molecule has 2 aromatic rings. The zero-order chi connectivity index (χ0) is 10.1. The summed E-state index contributed by atoms with van der Waals surface area (Å²) in [5, 5.41) is 10.8. The standard InChI is InChI=1S/C11H11ClO2/c1-7(13)5-8-6-9-10(12)3-2-4-11(9)14-8/h2-4,6-7,13H,5H2,1H3. The first-order valence-electron chi connectivity index (χ1n) is 4.52. The normalized spacial score (nSPS) is 13.4. The van der Waals surface area contributed by atoms with E-state index in [4.69, 9.17) is 16.0 Å². The van der Waals surface area contributed by atoms with E-state index in [1.165, 1.54) is 0 Å². The molecule has 0 aliphatic heterocycles. The quantitative estimate of drug-likeness (QED) is 0.827. The van der Waals surface area contributed by atoms with Crippen molar-refractivity contribution >= 4 is 22.6 Å². The van der Waals surface area contributed by atoms with Crippen LogP contribution in [0.15, 0.2) is 28.7 Å². The van der Waals surface area contributed by atoms with Crippen molar-refractivity contribution in [1.82, 2.24) is 0 Å². The lowest BCUT2D eigenvalue weighted by molar-refractivity contribution is 0.188. The van der Waals surface area contributed by atoms with E-state index in [0.29, 0.717) is 11.4 Å². The monoisotopic (exact) mass is 210 g/mol. The Balaban J connectivity index is 2.46. The average Bonchev–Trinajstić information content (AvgIpc) is 2.47. The molecule has 0 radical (unpaired) electrons. The molecule has 2 nitrogen and oxygen atoms in total. The van der Waals surface area contributed by atoms with Gasteiger partial charge in [-0.05, 0) is 25.1 Å². The Bertz CT molecular complexity index is 445. The molecule has 0 saturated carbocycles. The largest absolute Gasteiger partial charge is 0.461 e. The van der Waals surface area contributed by atoms with E-state index in [0.717, 1.165) is 16.7 Å². The van der Waals surface area contributed by atoms with Gasteiger partial charge in [-0.1, -0.05) is 17.7 Å². The van der Waals surface area contributed by atoms with E-state index in [1.54, 1.807) is 6.92 Å². The van der Waals surface area contributed by atoms with Crippen molar-refractivity contribution in [2.24, 2.45) is 0 Å². The van der Waals surface area contributed by atoms with Crippen LogP contribution < -0.4 is 0 Å². The molecule has 74 valence electrons. The first-order valence-corrected chi connectivity index (χ1v) is 4.89. The molecule has 0 fully saturated rings. The molecular weight excluding hydrogens is 200 g/mol. The lowest BCUT2D eigenvalue weighted by Gasteiger charge is -1.97. The SMILES string of the molecule is CC(O)Cc1cc2c(Cl)cccc2o1. The Morgan fingerprint density at radius 3 is 2.93 bits per heavy atom. The molecule has 1 unspecified atom stereocenters. The van der Waals surface area contributed by atoms with Gasteiger partial charge in [0.15, 0.2) is 0 Å². The van der Waals surface area contributed by atoms with E-state index in [-0.39, 0.29) is 0 Å². The van der Waals surface area contributed by atoms with Crippen LogP contribution in [0.25, 0.3) is 11.0 Å². The first-order chi connectivity index (χ1) is 6.66. The number of fused-ring (bicyclic) bond motifs is 1. The lowest BCUT2D eigenvalue weighted by Crippen LogP contribution is -2.02. The molecule has 1 N–H and O–H groups in total. The van der Waals surface area contributed by atoms with E-state index in [2.05, 4.69) is 0 Å². The van der Waals surface area contributed by atoms with Gasteiger partial charge in [0.05, 0.1) is 11.1 Å². The van der Waals surface area contributed by atoms with Crippen molar-refractivity contribution in [2.75, 3.05) is 0 Å². The average molecular weight is 211 g/mol. The predicted octanol–water partition coefficient (Wildman–Crippen LogP) is 3.01. The van der Waals surface area contributed by atoms with Crippen molar-refractivity contribution in [2.45, 2.75) is 19.4 Å². The molecule has 2 rings (SSSR count). The maximum Gasteiger partial charge on any atom is 0.135 e. The molecule has 1 aromatic heterocycles. The fourth-order valence-electron chi connectivity index (χ4n) is 1.47. The van der Waals surface area contributed by atoms with Crippen LogP contribution in [0.3, 0.4) is 0 Å². The molecule has 0 spiro atoms. The molecule has 0 aliphatic carbocycles. The number of benzene rings is 1. The van der Waals surface area contributed by atoms with Gasteiger partial charge < -0.3 is 9.52 Å². The Labute approximate surface area is 87.1 Å². The molecule has 14 heavy (non-hydrogen) atoms. The Morgan fingerprint density at radius 2 is 2.29 bits per heavy atom. The number of rotatable bonds is 2. The van der Waals surface area contributed by atoms with Crippen LogP contribution in [-0.2, 0) is 6.42 Å². The van der Waals surface area contributed by atoms with E-state index in [1.807, 2.05) is 24.3 Å². The summed E-state index contributed by atoms with van der Waals surface area (Å²) in [6.45, 7) is 1.73. The van der Waals surface area contributed by atoms with Gasteiger partial charge in [0, 0.05) is 11.8 Å². The number of hydrogen-bond donors (Lipinski definition) is 1. The minimum Gasteiger partial charge on any atom is -0.461 e. The summed E-state index contributed by atoms with van der Waals surface area (Å²) in [4.78, 5) is 0. The smallest absolute Gasteiger partial charge is 0.135 e. The van der Waals surface area contributed by atoms with Gasteiger partial charge in [-0.2, -0.15) is 0 Å². The van der Waals surface area contributed by atoms with Crippen LogP contribution in [0.1, 0.15) is 12.7 Å². The molecule has 0 bridgehead atoms. The molecular formula is C11H11ClO2. The maximum absolute atomic E-state index is 9.21. The molecule has 0 aliphatic rings. The van der Waals surface area contributed by atoms with Crippen LogP contribution in [-0.4, -0.2) is 11.2 Å². The molecule has 0 saturated heterocycles. The topological polar surface area (TPSA) is 33.4 Å². The van der Waals surface area contributed by atoms with Gasteiger partial charge in [0.1, 0.15) is 11.3 Å². The third-order valence-electron chi connectivity index (χ3n) is 2.06. The molecule has 0 amide bonds. The Kier molecular flexibility index (Phi) is 2.48. The van der Waals surface area contributed by atoms with Gasteiger partial charge >= 0.3 is 0 Å². The van der Waals surface area contributed by atoms with E-state index in [9.17, 15) is 5.11 Å². The summed E-state index contributed by atoms with van der Waals surface area (Å²) in [6, 6.07) is 7.42. The van der Waals surface area contributed by atoms with Crippen LogP contribution in [0.5, 0.6) is 0 Å². The molecule has 1 aromatic carbocycles. The van der Waals surface area contributed by atoms with Crippen molar-refractivity contribution in [3.05, 3.63) is 35.0 Å². The van der Waals surface area contributed by atoms with Crippen molar-refractivity contribution < 1.29 is 9.52 Å². The third kappa shape index (κ3) is 1.76. The number of halogens is 1. The second kappa shape index (κ2) is 3.64. The zero-order valence-corrected chi connectivity index (χ0v) is 8.58. The van der Waals surface area contributed by atoms with Crippen LogP contribution in [0.4, 0.5) is 0 Å². The van der Waals surface area contributed by atoms with Crippen LogP contribution in [0.2, 0.25) is 5.02 Å². The lowest BCUT2D eigenvalue weighted by atomic mass is 10.2. The van der Waals surface area contributed by atoms with Gasteiger partial charge in [-0.25, -0.2) is 0 Å². The van der Waals surface area contributed by atoms with Crippen molar-refractivity contribution in [3.8, 4) is 0 Å². The molecule has 1 heterocycles. The first kappa shape index (κ1) is 9.56. The summed E-state index contributed by atoms with van der Waals surface area (Å²) in [6.07, 6.45) is 0.125. The Morgan fingerprint density at radius 1 is 1.50 bits per heavy atom. The number of hydrogen-bond acceptors (Lipinski definition) is 2.